The van der Waals surface area contributed by atoms with E-state index in [1.165, 1.54) is 24.5 Å². The van der Waals surface area contributed by atoms with Crippen LogP contribution in [0.25, 0.3) is 10.9 Å². The van der Waals surface area contributed by atoms with Gasteiger partial charge in [0.25, 0.3) is 11.7 Å². The normalized spacial score (nSPS) is 11.0. The number of fused-ring (bicyclic) bond motifs is 1. The topological polar surface area (TPSA) is 64.0 Å². The molecule has 0 saturated carbocycles. The Hall–Kier alpha value is -2.93. The van der Waals surface area contributed by atoms with Crippen molar-refractivity contribution in [2.24, 2.45) is 0 Å². The lowest BCUT2D eigenvalue weighted by Crippen LogP contribution is -2.23. The van der Waals surface area contributed by atoms with Crippen molar-refractivity contribution >= 4 is 63.1 Å². The largest absolute Gasteiger partial charge is 0.342 e. The molecule has 2 aromatic carbocycles. The molecule has 5 nitrogen and oxygen atoms in total. The molecule has 0 radical (unpaired) electrons. The van der Waals surface area contributed by atoms with E-state index in [-0.39, 0.29) is 27.1 Å². The minimum atomic E-state index is -0.907. The van der Waals surface area contributed by atoms with Gasteiger partial charge in [-0.15, -0.1) is 0 Å². The van der Waals surface area contributed by atoms with Crippen molar-refractivity contribution in [3.63, 3.8) is 0 Å². The summed E-state index contributed by atoms with van der Waals surface area (Å²) in [4.78, 5) is 29.5. The zero-order chi connectivity index (χ0) is 22.1. The second-order valence-electron chi connectivity index (χ2n) is 6.72. The molecule has 0 aliphatic rings. The van der Waals surface area contributed by atoms with Gasteiger partial charge in [0, 0.05) is 41.1 Å². The van der Waals surface area contributed by atoms with Crippen LogP contribution in [0.1, 0.15) is 15.9 Å². The number of pyridine rings is 1. The molecule has 4 aromatic rings. The Kier molecular flexibility index (Phi) is 5.96. The Morgan fingerprint density at radius 2 is 1.68 bits per heavy atom. The van der Waals surface area contributed by atoms with E-state index in [1.54, 1.807) is 41.1 Å². The maximum Gasteiger partial charge on any atom is 0.296 e. The second-order valence-corrected chi connectivity index (χ2v) is 7.97. The lowest BCUT2D eigenvalue weighted by atomic mass is 10.1. The van der Waals surface area contributed by atoms with E-state index in [0.29, 0.717) is 22.5 Å². The van der Waals surface area contributed by atoms with Gasteiger partial charge in [0.15, 0.2) is 0 Å². The number of hydrogen-bond acceptors (Lipinski definition) is 3. The molecule has 1 N–H and O–H groups in total. The smallest absolute Gasteiger partial charge is 0.296 e. The van der Waals surface area contributed by atoms with Crippen LogP contribution in [0.2, 0.25) is 15.1 Å². The summed E-state index contributed by atoms with van der Waals surface area (Å²) in [7, 11) is 0. The SMILES string of the molecule is O=C(Nc1c(Cl)cncc1Cl)C(=O)c1cn(Cc2ccc(F)cc2)c2ccc(Cl)cc12. The lowest BCUT2D eigenvalue weighted by Gasteiger charge is -2.07. The van der Waals surface area contributed by atoms with Gasteiger partial charge in [0.05, 0.1) is 21.3 Å². The fraction of sp³-hybridized carbons (Fsp3) is 0.0455. The van der Waals surface area contributed by atoms with Crippen LogP contribution in [0, 0.1) is 5.82 Å². The van der Waals surface area contributed by atoms with Gasteiger partial charge in [-0.3, -0.25) is 14.6 Å². The highest BCUT2D eigenvalue weighted by Gasteiger charge is 2.23. The number of ketones is 1. The first-order valence-electron chi connectivity index (χ1n) is 9.01. The van der Waals surface area contributed by atoms with Crippen molar-refractivity contribution in [1.29, 1.82) is 0 Å². The van der Waals surface area contributed by atoms with Crippen LogP contribution in [0.4, 0.5) is 10.1 Å². The number of anilines is 1. The zero-order valence-electron chi connectivity index (χ0n) is 15.7. The number of carbonyl (C=O) groups excluding carboxylic acids is 2. The molecule has 0 aliphatic carbocycles. The molecule has 31 heavy (non-hydrogen) atoms. The van der Waals surface area contributed by atoms with E-state index in [2.05, 4.69) is 10.3 Å². The molecule has 0 atom stereocenters. The Labute approximate surface area is 191 Å². The third-order valence-electron chi connectivity index (χ3n) is 4.65. The number of carbonyl (C=O) groups is 2. The second kappa shape index (κ2) is 8.67. The third-order valence-corrected chi connectivity index (χ3v) is 5.46. The van der Waals surface area contributed by atoms with Gasteiger partial charge in [0.1, 0.15) is 5.82 Å². The van der Waals surface area contributed by atoms with Crippen LogP contribution in [-0.2, 0) is 11.3 Å². The van der Waals surface area contributed by atoms with Crippen molar-refractivity contribution in [1.82, 2.24) is 9.55 Å². The molecular weight excluding hydrogens is 464 g/mol. The highest BCUT2D eigenvalue weighted by Crippen LogP contribution is 2.30. The maximum atomic E-state index is 13.2. The van der Waals surface area contributed by atoms with Gasteiger partial charge < -0.3 is 9.88 Å². The molecule has 0 saturated heterocycles. The van der Waals surface area contributed by atoms with Crippen molar-refractivity contribution in [2.45, 2.75) is 6.54 Å². The number of aromatic nitrogens is 2. The minimum absolute atomic E-state index is 0.102. The van der Waals surface area contributed by atoms with E-state index in [4.69, 9.17) is 34.8 Å². The Morgan fingerprint density at radius 3 is 2.35 bits per heavy atom. The first kappa shape index (κ1) is 21.3. The molecular formula is C22H13Cl3FN3O2. The number of benzene rings is 2. The number of hydrogen-bond donors (Lipinski definition) is 1. The molecule has 0 spiro atoms. The van der Waals surface area contributed by atoms with Crippen LogP contribution >= 0.6 is 34.8 Å². The van der Waals surface area contributed by atoms with Gasteiger partial charge in [-0.25, -0.2) is 4.39 Å². The van der Waals surface area contributed by atoms with E-state index in [9.17, 15) is 14.0 Å². The van der Waals surface area contributed by atoms with Gasteiger partial charge in [-0.2, -0.15) is 0 Å². The summed E-state index contributed by atoms with van der Waals surface area (Å²) in [6.45, 7) is 0.370. The summed E-state index contributed by atoms with van der Waals surface area (Å²) >= 11 is 18.2. The fourth-order valence-corrected chi connectivity index (χ4v) is 3.82. The number of Topliss-reactive ketones (excluding diaryl/α,β-unsaturated/α-hetero) is 1. The van der Waals surface area contributed by atoms with Gasteiger partial charge in [-0.05, 0) is 35.9 Å². The van der Waals surface area contributed by atoms with E-state index in [0.717, 1.165) is 5.56 Å². The molecule has 2 aromatic heterocycles. The number of rotatable bonds is 5. The molecule has 156 valence electrons. The fourth-order valence-electron chi connectivity index (χ4n) is 3.19. The summed E-state index contributed by atoms with van der Waals surface area (Å²) in [6, 6.07) is 11.1. The lowest BCUT2D eigenvalue weighted by molar-refractivity contribution is -0.112. The molecule has 1 amide bonds. The average molecular weight is 477 g/mol. The zero-order valence-corrected chi connectivity index (χ0v) is 18.0. The number of halogens is 4. The van der Waals surface area contributed by atoms with Gasteiger partial charge >= 0.3 is 0 Å². The molecule has 9 heteroatoms. The maximum absolute atomic E-state index is 13.2. The molecule has 0 bridgehead atoms. The Morgan fingerprint density at radius 1 is 1.00 bits per heavy atom. The summed E-state index contributed by atoms with van der Waals surface area (Å²) in [5, 5.41) is 3.59. The summed E-state index contributed by atoms with van der Waals surface area (Å²) in [6.07, 6.45) is 4.19. The standard InChI is InChI=1S/C22H13Cl3FN3O2/c23-13-3-6-19-15(7-13)16(11-29(19)10-12-1-4-14(26)5-2-12)21(30)22(31)28-20-17(24)8-27-9-18(20)25/h1-9,11H,10H2,(H,27,28,31). The van der Waals surface area contributed by atoms with Crippen molar-refractivity contribution in [2.75, 3.05) is 5.32 Å². The predicted molar refractivity (Wildman–Crippen MR) is 120 cm³/mol. The monoisotopic (exact) mass is 475 g/mol. The van der Waals surface area contributed by atoms with E-state index in [1.807, 2.05) is 0 Å². The summed E-state index contributed by atoms with van der Waals surface area (Å²) in [5.74, 6) is -2.03. The highest BCUT2D eigenvalue weighted by molar-refractivity contribution is 6.50. The van der Waals surface area contributed by atoms with E-state index >= 15 is 0 Å². The molecule has 0 fully saturated rings. The van der Waals surface area contributed by atoms with Crippen LogP contribution in [0.5, 0.6) is 0 Å². The van der Waals surface area contributed by atoms with Crippen LogP contribution in [-0.4, -0.2) is 21.2 Å². The third kappa shape index (κ3) is 4.42. The van der Waals surface area contributed by atoms with Crippen LogP contribution < -0.4 is 5.32 Å². The number of nitrogens with one attached hydrogen (secondary N) is 1. The average Bonchev–Trinajstić information content (AvgIpc) is 3.09. The molecule has 2 heterocycles. The number of nitrogens with zero attached hydrogens (tertiary/aromatic N) is 2. The van der Waals surface area contributed by atoms with Gasteiger partial charge in [-0.1, -0.05) is 46.9 Å². The molecule has 0 unspecified atom stereocenters. The van der Waals surface area contributed by atoms with Crippen molar-refractivity contribution in [3.8, 4) is 0 Å². The van der Waals surface area contributed by atoms with Crippen LogP contribution in [0.3, 0.4) is 0 Å². The number of amides is 1. The molecule has 0 aliphatic heterocycles. The first-order valence-corrected chi connectivity index (χ1v) is 10.1. The van der Waals surface area contributed by atoms with Crippen molar-refractivity contribution in [3.05, 3.63) is 93.1 Å². The predicted octanol–water partition coefficient (Wildman–Crippen LogP) is 6.01. The molecule has 4 rings (SSSR count). The Balaban J connectivity index is 1.71. The Bertz CT molecular complexity index is 1300. The van der Waals surface area contributed by atoms with Crippen molar-refractivity contribution < 1.29 is 14.0 Å². The van der Waals surface area contributed by atoms with Crippen LogP contribution in [0.15, 0.2) is 61.1 Å². The van der Waals surface area contributed by atoms with E-state index < -0.39 is 11.7 Å². The quantitative estimate of drug-likeness (QED) is 0.284. The first-order chi connectivity index (χ1) is 14.8. The minimum Gasteiger partial charge on any atom is -0.342 e. The highest BCUT2D eigenvalue weighted by atomic mass is 35.5. The summed E-state index contributed by atoms with van der Waals surface area (Å²) < 4.78 is 15.0. The van der Waals surface area contributed by atoms with Gasteiger partial charge in [0.2, 0.25) is 0 Å². The summed E-state index contributed by atoms with van der Waals surface area (Å²) in [5.41, 5.74) is 1.79.